The van der Waals surface area contributed by atoms with Crippen LogP contribution < -0.4 is 4.74 Å². The first-order valence-corrected chi connectivity index (χ1v) is 4.07. The summed E-state index contributed by atoms with van der Waals surface area (Å²) in [6.45, 7) is 2.10. The highest BCUT2D eigenvalue weighted by Crippen LogP contribution is 2.07. The van der Waals surface area contributed by atoms with Crippen molar-refractivity contribution >= 4 is 5.97 Å². The van der Waals surface area contributed by atoms with Crippen molar-refractivity contribution in [1.82, 2.24) is 0 Å². The molecule has 3 heteroatoms. The molecular weight excluding hydrogens is 168 g/mol. The summed E-state index contributed by atoms with van der Waals surface area (Å²) in [6, 6.07) is 9.77. The third-order valence-electron chi connectivity index (χ3n) is 1.35. The second-order valence-electron chi connectivity index (χ2n) is 2.33. The van der Waals surface area contributed by atoms with E-state index in [9.17, 15) is 4.79 Å². The first kappa shape index (κ1) is 9.58. The topological polar surface area (TPSA) is 35.5 Å². The Morgan fingerprint density at radius 1 is 1.46 bits per heavy atom. The zero-order chi connectivity index (χ0) is 9.52. The Labute approximate surface area is 77.3 Å². The zero-order valence-corrected chi connectivity index (χ0v) is 7.45. The van der Waals surface area contributed by atoms with Crippen LogP contribution in [0.15, 0.2) is 24.3 Å². The number of hydrogen-bond donors (Lipinski definition) is 0. The van der Waals surface area contributed by atoms with Crippen LogP contribution in [0.2, 0.25) is 0 Å². The maximum Gasteiger partial charge on any atom is 0.344 e. The van der Waals surface area contributed by atoms with Gasteiger partial charge in [-0.05, 0) is 25.1 Å². The molecule has 0 atom stereocenters. The summed E-state index contributed by atoms with van der Waals surface area (Å²) in [6.07, 6.45) is 0. The molecule has 0 saturated carbocycles. The van der Waals surface area contributed by atoms with Crippen molar-refractivity contribution < 1.29 is 14.3 Å². The molecule has 0 N–H and O–H groups in total. The van der Waals surface area contributed by atoms with E-state index in [2.05, 4.69) is 6.07 Å². The van der Waals surface area contributed by atoms with E-state index in [1.54, 1.807) is 31.2 Å². The van der Waals surface area contributed by atoms with Gasteiger partial charge in [-0.3, -0.25) is 0 Å². The second kappa shape index (κ2) is 5.19. The van der Waals surface area contributed by atoms with Crippen LogP contribution in [0.4, 0.5) is 0 Å². The lowest BCUT2D eigenvalue weighted by molar-refractivity contribution is -0.145. The smallest absolute Gasteiger partial charge is 0.344 e. The molecule has 1 radical (unpaired) electrons. The van der Waals surface area contributed by atoms with Crippen LogP contribution >= 0.6 is 0 Å². The number of carbonyl (C=O) groups excluding carboxylic acids is 1. The normalized spacial score (nSPS) is 9.31. The molecule has 1 aromatic rings. The lowest BCUT2D eigenvalue weighted by Crippen LogP contribution is -2.14. The molecular formula is C10H11O3. The molecule has 0 amide bonds. The summed E-state index contributed by atoms with van der Waals surface area (Å²) in [7, 11) is 0. The van der Waals surface area contributed by atoms with Crippen molar-refractivity contribution in [3.8, 4) is 5.75 Å². The summed E-state index contributed by atoms with van der Waals surface area (Å²) in [5.74, 6) is 0.294. The standard InChI is InChI=1S/C10H11O3/c1-2-12-10(11)8-13-9-6-4-3-5-7-9/h4-7H,2,8H2,1H3. The maximum absolute atomic E-state index is 10.9. The van der Waals surface area contributed by atoms with Crippen molar-refractivity contribution in [3.05, 3.63) is 30.3 Å². The SMILES string of the molecule is CCOC(=O)COc1cc[c]cc1. The monoisotopic (exact) mass is 179 g/mol. The molecule has 1 aromatic carbocycles. The van der Waals surface area contributed by atoms with Crippen molar-refractivity contribution in [2.75, 3.05) is 13.2 Å². The molecule has 0 fully saturated rings. The molecule has 0 saturated heterocycles. The molecule has 0 heterocycles. The largest absolute Gasteiger partial charge is 0.482 e. The summed E-state index contributed by atoms with van der Waals surface area (Å²) >= 11 is 0. The fourth-order valence-corrected chi connectivity index (χ4v) is 0.813. The fraction of sp³-hybridized carbons (Fsp3) is 0.300. The highest BCUT2D eigenvalue weighted by Gasteiger charge is 2.01. The Bertz CT molecular complexity index is 256. The van der Waals surface area contributed by atoms with Gasteiger partial charge in [-0.15, -0.1) is 0 Å². The highest BCUT2D eigenvalue weighted by molar-refractivity contribution is 5.71. The molecule has 0 aliphatic heterocycles. The van der Waals surface area contributed by atoms with E-state index in [1.807, 2.05) is 0 Å². The summed E-state index contributed by atoms with van der Waals surface area (Å²) in [4.78, 5) is 10.9. The highest BCUT2D eigenvalue weighted by atomic mass is 16.6. The molecule has 13 heavy (non-hydrogen) atoms. The van der Waals surface area contributed by atoms with E-state index in [0.717, 1.165) is 0 Å². The van der Waals surface area contributed by atoms with Gasteiger partial charge in [0.1, 0.15) is 5.75 Å². The molecule has 0 aromatic heterocycles. The van der Waals surface area contributed by atoms with E-state index in [4.69, 9.17) is 9.47 Å². The zero-order valence-electron chi connectivity index (χ0n) is 7.45. The van der Waals surface area contributed by atoms with Crippen LogP contribution in [0.3, 0.4) is 0 Å². The Hall–Kier alpha value is -1.51. The van der Waals surface area contributed by atoms with Crippen LogP contribution in [0.5, 0.6) is 5.75 Å². The van der Waals surface area contributed by atoms with Gasteiger partial charge in [0.15, 0.2) is 6.61 Å². The Kier molecular flexibility index (Phi) is 3.82. The Balaban J connectivity index is 2.31. The van der Waals surface area contributed by atoms with Gasteiger partial charge in [0.25, 0.3) is 0 Å². The quantitative estimate of drug-likeness (QED) is 0.656. The van der Waals surface area contributed by atoms with Gasteiger partial charge in [0, 0.05) is 0 Å². The lowest BCUT2D eigenvalue weighted by Gasteiger charge is -2.04. The number of esters is 1. The van der Waals surface area contributed by atoms with Crippen molar-refractivity contribution in [2.45, 2.75) is 6.92 Å². The maximum atomic E-state index is 10.9. The third-order valence-corrected chi connectivity index (χ3v) is 1.35. The number of rotatable bonds is 4. The molecule has 0 aliphatic carbocycles. The first-order chi connectivity index (χ1) is 6.33. The van der Waals surface area contributed by atoms with Gasteiger partial charge in [-0.2, -0.15) is 0 Å². The van der Waals surface area contributed by atoms with Gasteiger partial charge >= 0.3 is 5.97 Å². The second-order valence-corrected chi connectivity index (χ2v) is 2.33. The minimum atomic E-state index is -0.352. The van der Waals surface area contributed by atoms with Crippen LogP contribution in [-0.4, -0.2) is 19.2 Å². The van der Waals surface area contributed by atoms with E-state index in [1.165, 1.54) is 0 Å². The average Bonchev–Trinajstić information content (AvgIpc) is 2.17. The molecule has 3 nitrogen and oxygen atoms in total. The molecule has 0 bridgehead atoms. The third kappa shape index (κ3) is 3.60. The number of ether oxygens (including phenoxy) is 2. The molecule has 0 spiro atoms. The number of benzene rings is 1. The summed E-state index contributed by atoms with van der Waals surface area (Å²) < 4.78 is 9.82. The van der Waals surface area contributed by atoms with Gasteiger partial charge < -0.3 is 9.47 Å². The van der Waals surface area contributed by atoms with E-state index in [0.29, 0.717) is 12.4 Å². The van der Waals surface area contributed by atoms with Crippen LogP contribution in [0.25, 0.3) is 0 Å². The minimum Gasteiger partial charge on any atom is -0.482 e. The van der Waals surface area contributed by atoms with Gasteiger partial charge in [-0.1, -0.05) is 12.1 Å². The summed E-state index contributed by atoms with van der Waals surface area (Å²) in [5.41, 5.74) is 0. The Morgan fingerprint density at radius 3 is 2.77 bits per heavy atom. The van der Waals surface area contributed by atoms with Gasteiger partial charge in [-0.25, -0.2) is 4.79 Å². The molecule has 1 rings (SSSR count). The predicted octanol–water partition coefficient (Wildman–Crippen LogP) is 1.43. The minimum absolute atomic E-state index is 0.0438. The lowest BCUT2D eigenvalue weighted by atomic mass is 10.3. The summed E-state index contributed by atoms with van der Waals surface area (Å²) in [5, 5.41) is 0. The van der Waals surface area contributed by atoms with Crippen LogP contribution in [-0.2, 0) is 9.53 Å². The first-order valence-electron chi connectivity index (χ1n) is 4.07. The molecule has 0 unspecified atom stereocenters. The van der Waals surface area contributed by atoms with Crippen LogP contribution in [0.1, 0.15) is 6.92 Å². The van der Waals surface area contributed by atoms with Crippen molar-refractivity contribution in [2.24, 2.45) is 0 Å². The number of hydrogen-bond acceptors (Lipinski definition) is 3. The van der Waals surface area contributed by atoms with E-state index in [-0.39, 0.29) is 12.6 Å². The van der Waals surface area contributed by atoms with Gasteiger partial charge in [0.05, 0.1) is 6.61 Å². The van der Waals surface area contributed by atoms with E-state index < -0.39 is 0 Å². The average molecular weight is 179 g/mol. The Morgan fingerprint density at radius 2 is 2.15 bits per heavy atom. The van der Waals surface area contributed by atoms with E-state index >= 15 is 0 Å². The predicted molar refractivity (Wildman–Crippen MR) is 47.4 cm³/mol. The molecule has 0 aliphatic rings. The molecule has 69 valence electrons. The van der Waals surface area contributed by atoms with Crippen LogP contribution in [0, 0.1) is 6.07 Å². The number of carbonyl (C=O) groups is 1. The van der Waals surface area contributed by atoms with Crippen molar-refractivity contribution in [1.29, 1.82) is 0 Å². The fourth-order valence-electron chi connectivity index (χ4n) is 0.813. The van der Waals surface area contributed by atoms with Crippen molar-refractivity contribution in [3.63, 3.8) is 0 Å². The van der Waals surface area contributed by atoms with Gasteiger partial charge in [0.2, 0.25) is 0 Å².